The third-order valence-corrected chi connectivity index (χ3v) is 4.06. The molecule has 8 N–H and O–H groups in total. The van der Waals surface area contributed by atoms with Gasteiger partial charge in [-0.25, -0.2) is 0 Å². The quantitative estimate of drug-likeness (QED) is 0.318. The third kappa shape index (κ3) is 11.6. The number of rotatable bonds is 7. The summed E-state index contributed by atoms with van der Waals surface area (Å²) in [7, 11) is 0. The van der Waals surface area contributed by atoms with E-state index in [1.165, 1.54) is 12.8 Å². The van der Waals surface area contributed by atoms with Gasteiger partial charge in [-0.15, -0.1) is 0 Å². The molecule has 3 atom stereocenters. The number of nitrogens with two attached hydrogens (primary N) is 3. The number of hydrogen-bond acceptors (Lipinski definition) is 5. The predicted octanol–water partition coefficient (Wildman–Crippen LogP) is 0.892. The first-order valence-electron chi connectivity index (χ1n) is 8.01. The molecule has 0 bridgehead atoms. The topological polar surface area (TPSA) is 153 Å². The van der Waals surface area contributed by atoms with Crippen LogP contribution in [-0.4, -0.2) is 40.3 Å². The summed E-state index contributed by atoms with van der Waals surface area (Å²) < 4.78 is 0. The zero-order chi connectivity index (χ0) is 17.1. The van der Waals surface area contributed by atoms with Crippen LogP contribution in [-0.2, 0) is 30.7 Å². The standard InChI is InChI=1S/C9H17NO4.C6H14N2.Pt/c1-2-6(10)4-3-5-7(8(11)12)9(13)14;7-5-3-1-2-4-6(5)8;/h6-7H,2-5,10H2,1H3,(H,11,12)(H,13,14);5-6H,1-4,7-8H2;/t;5-,6-;/m.1./s1. The van der Waals surface area contributed by atoms with E-state index < -0.39 is 17.9 Å². The largest absolute Gasteiger partial charge is 0.481 e. The normalized spacial score (nSPS) is 21.6. The molecule has 0 aromatic carbocycles. The Morgan fingerprint density at radius 3 is 1.78 bits per heavy atom. The Labute approximate surface area is 152 Å². The first-order valence-corrected chi connectivity index (χ1v) is 8.01. The summed E-state index contributed by atoms with van der Waals surface area (Å²) in [5.41, 5.74) is 16.9. The molecule has 1 aliphatic carbocycles. The van der Waals surface area contributed by atoms with Crippen molar-refractivity contribution >= 4 is 11.9 Å². The zero-order valence-corrected chi connectivity index (χ0v) is 16.0. The molecular formula is C15H31N3O4Pt. The molecular weight excluding hydrogens is 481 g/mol. The average Bonchev–Trinajstić information content (AvgIpc) is 2.46. The summed E-state index contributed by atoms with van der Waals surface area (Å²) in [5, 5.41) is 17.1. The molecule has 0 amide bonds. The minimum absolute atomic E-state index is 0. The van der Waals surface area contributed by atoms with Crippen LogP contribution in [0.5, 0.6) is 0 Å². The number of carboxylic acid groups (broad SMARTS) is 2. The Morgan fingerprint density at radius 1 is 1.04 bits per heavy atom. The maximum atomic E-state index is 10.5. The van der Waals surface area contributed by atoms with E-state index >= 15 is 0 Å². The molecule has 7 nitrogen and oxygen atoms in total. The van der Waals surface area contributed by atoms with E-state index in [-0.39, 0.29) is 45.6 Å². The first-order chi connectivity index (χ1) is 10.3. The molecule has 0 aliphatic heterocycles. The van der Waals surface area contributed by atoms with Gasteiger partial charge in [0.15, 0.2) is 5.92 Å². The number of aliphatic carboxylic acids is 2. The van der Waals surface area contributed by atoms with Gasteiger partial charge in [0.2, 0.25) is 0 Å². The van der Waals surface area contributed by atoms with Gasteiger partial charge in [-0.3, -0.25) is 9.59 Å². The van der Waals surface area contributed by atoms with Crippen LogP contribution < -0.4 is 17.2 Å². The van der Waals surface area contributed by atoms with Crippen LogP contribution in [0.15, 0.2) is 0 Å². The second-order valence-corrected chi connectivity index (χ2v) is 5.94. The van der Waals surface area contributed by atoms with Gasteiger partial charge in [0.05, 0.1) is 0 Å². The van der Waals surface area contributed by atoms with E-state index in [1.54, 1.807) is 0 Å². The van der Waals surface area contributed by atoms with Gasteiger partial charge in [0, 0.05) is 39.2 Å². The Hall–Kier alpha value is -0.492. The number of carbonyl (C=O) groups is 2. The van der Waals surface area contributed by atoms with Crippen LogP contribution in [0.2, 0.25) is 0 Å². The monoisotopic (exact) mass is 512 g/mol. The van der Waals surface area contributed by atoms with Gasteiger partial charge in [0.25, 0.3) is 0 Å². The SMILES string of the molecule is CCC(N)CCCC(C(=O)O)C(=O)O.N[C@@H]1CCCC[C@H]1N.[Pt]. The van der Waals surface area contributed by atoms with Crippen molar-refractivity contribution in [2.24, 2.45) is 23.1 Å². The Balaban J connectivity index is 0. The molecule has 1 rings (SSSR count). The molecule has 0 aromatic rings. The van der Waals surface area contributed by atoms with Crippen molar-refractivity contribution in [3.8, 4) is 0 Å². The van der Waals surface area contributed by atoms with E-state index in [2.05, 4.69) is 0 Å². The van der Waals surface area contributed by atoms with Gasteiger partial charge >= 0.3 is 11.9 Å². The molecule has 1 saturated carbocycles. The summed E-state index contributed by atoms with van der Waals surface area (Å²) in [6.45, 7) is 1.94. The molecule has 1 unspecified atom stereocenters. The van der Waals surface area contributed by atoms with Crippen molar-refractivity contribution in [2.75, 3.05) is 0 Å². The predicted molar refractivity (Wildman–Crippen MR) is 85.3 cm³/mol. The summed E-state index contributed by atoms with van der Waals surface area (Å²) >= 11 is 0. The number of hydrogen-bond donors (Lipinski definition) is 5. The minimum atomic E-state index is -1.29. The van der Waals surface area contributed by atoms with E-state index in [0.717, 1.165) is 19.3 Å². The van der Waals surface area contributed by atoms with E-state index in [4.69, 9.17) is 27.4 Å². The van der Waals surface area contributed by atoms with E-state index in [1.807, 2.05) is 6.92 Å². The van der Waals surface area contributed by atoms with Crippen LogP contribution >= 0.6 is 0 Å². The Morgan fingerprint density at radius 2 is 1.48 bits per heavy atom. The maximum Gasteiger partial charge on any atom is 0.317 e. The van der Waals surface area contributed by atoms with Gasteiger partial charge in [-0.05, 0) is 32.1 Å². The molecule has 0 radical (unpaired) electrons. The molecule has 1 aliphatic rings. The molecule has 1 fully saturated rings. The molecule has 140 valence electrons. The fourth-order valence-corrected chi connectivity index (χ4v) is 2.33. The van der Waals surface area contributed by atoms with Crippen molar-refractivity contribution < 1.29 is 40.9 Å². The van der Waals surface area contributed by atoms with Gasteiger partial charge in [-0.2, -0.15) is 0 Å². The van der Waals surface area contributed by atoms with E-state index in [0.29, 0.717) is 12.8 Å². The summed E-state index contributed by atoms with van der Waals surface area (Å²) in [4.78, 5) is 20.9. The fourth-order valence-electron chi connectivity index (χ4n) is 2.33. The van der Waals surface area contributed by atoms with Crippen LogP contribution in [0.4, 0.5) is 0 Å². The summed E-state index contributed by atoms with van der Waals surface area (Å²) in [6, 6.07) is 0.603. The third-order valence-electron chi connectivity index (χ3n) is 4.06. The molecule has 0 aromatic heterocycles. The Bertz CT molecular complexity index is 321. The zero-order valence-electron chi connectivity index (χ0n) is 13.7. The second kappa shape index (κ2) is 13.9. The van der Waals surface area contributed by atoms with E-state index in [9.17, 15) is 9.59 Å². The molecule has 0 heterocycles. The van der Waals surface area contributed by atoms with Crippen molar-refractivity contribution in [1.29, 1.82) is 0 Å². The van der Waals surface area contributed by atoms with Crippen LogP contribution in [0, 0.1) is 5.92 Å². The van der Waals surface area contributed by atoms with Crippen LogP contribution in [0.3, 0.4) is 0 Å². The first kappa shape index (κ1) is 24.8. The second-order valence-electron chi connectivity index (χ2n) is 5.94. The smallest absolute Gasteiger partial charge is 0.317 e. The Kier molecular flexibility index (Phi) is 15.0. The maximum absolute atomic E-state index is 10.5. The van der Waals surface area contributed by atoms with Gasteiger partial charge in [-0.1, -0.05) is 26.2 Å². The van der Waals surface area contributed by atoms with Crippen molar-refractivity contribution in [2.45, 2.75) is 76.4 Å². The van der Waals surface area contributed by atoms with Gasteiger partial charge < -0.3 is 27.4 Å². The summed E-state index contributed by atoms with van der Waals surface area (Å²) in [6.07, 6.45) is 6.99. The minimum Gasteiger partial charge on any atom is -0.481 e. The van der Waals surface area contributed by atoms with Crippen molar-refractivity contribution in [1.82, 2.24) is 0 Å². The van der Waals surface area contributed by atoms with Gasteiger partial charge in [0.1, 0.15) is 0 Å². The molecule has 8 heteroatoms. The molecule has 0 saturated heterocycles. The summed E-state index contributed by atoms with van der Waals surface area (Å²) in [5.74, 6) is -3.84. The van der Waals surface area contributed by atoms with Crippen molar-refractivity contribution in [3.05, 3.63) is 0 Å². The van der Waals surface area contributed by atoms with Crippen LogP contribution in [0.1, 0.15) is 58.3 Å². The average molecular weight is 513 g/mol. The molecule has 0 spiro atoms. The van der Waals surface area contributed by atoms with Crippen LogP contribution in [0.25, 0.3) is 0 Å². The fraction of sp³-hybridized carbons (Fsp3) is 0.867. The number of carboxylic acids is 2. The molecule has 23 heavy (non-hydrogen) atoms. The van der Waals surface area contributed by atoms with Crippen molar-refractivity contribution in [3.63, 3.8) is 0 Å².